The van der Waals surface area contributed by atoms with Gasteiger partial charge in [-0.3, -0.25) is 9.98 Å². The fraction of sp³-hybridized carbons (Fsp3) is 0.250. The van der Waals surface area contributed by atoms with Gasteiger partial charge in [-0.05, 0) is 88.5 Å². The quantitative estimate of drug-likeness (QED) is 0.173. The van der Waals surface area contributed by atoms with Crippen molar-refractivity contribution in [1.29, 1.82) is 0 Å². The lowest BCUT2D eigenvalue weighted by atomic mass is 10.1. The predicted molar refractivity (Wildman–Crippen MR) is 151 cm³/mol. The van der Waals surface area contributed by atoms with Crippen LogP contribution in [0.3, 0.4) is 0 Å². The Morgan fingerprint density at radius 1 is 0.737 bits per heavy atom. The van der Waals surface area contributed by atoms with Crippen molar-refractivity contribution in [3.8, 4) is 11.5 Å². The highest BCUT2D eigenvalue weighted by atomic mass is 16.6. The Kier molecular flexibility index (Phi) is 7.16. The molecule has 0 bridgehead atoms. The average molecular weight is 507 g/mol. The predicted octanol–water partition coefficient (Wildman–Crippen LogP) is 6.46. The lowest BCUT2D eigenvalue weighted by Crippen LogP contribution is -2.06. The van der Waals surface area contributed by atoms with E-state index in [4.69, 9.17) is 28.9 Å². The van der Waals surface area contributed by atoms with Crippen molar-refractivity contribution in [2.45, 2.75) is 25.6 Å². The van der Waals surface area contributed by atoms with Gasteiger partial charge in [0.25, 0.3) is 0 Å². The van der Waals surface area contributed by atoms with E-state index in [2.05, 4.69) is 37.3 Å². The normalized spacial score (nSPS) is 18.3. The van der Waals surface area contributed by atoms with Crippen LogP contribution in [0.1, 0.15) is 23.6 Å². The summed E-state index contributed by atoms with van der Waals surface area (Å²) in [4.78, 5) is 9.43. The third-order valence-electron chi connectivity index (χ3n) is 6.52. The Balaban J connectivity index is 1.15. The van der Waals surface area contributed by atoms with E-state index in [0.29, 0.717) is 13.2 Å². The first-order valence-corrected chi connectivity index (χ1v) is 13.1. The Morgan fingerprint density at radius 3 is 2.05 bits per heavy atom. The van der Waals surface area contributed by atoms with E-state index in [0.717, 1.165) is 64.4 Å². The first-order valence-electron chi connectivity index (χ1n) is 13.1. The van der Waals surface area contributed by atoms with Gasteiger partial charge >= 0.3 is 0 Å². The molecular formula is C32H30N2O4. The molecule has 38 heavy (non-hydrogen) atoms. The molecule has 0 N–H and O–H groups in total. The molecule has 4 aromatic carbocycles. The van der Waals surface area contributed by atoms with Gasteiger partial charge in [-0.2, -0.15) is 0 Å². The van der Waals surface area contributed by atoms with Crippen molar-refractivity contribution in [2.75, 3.05) is 26.4 Å². The third-order valence-corrected chi connectivity index (χ3v) is 6.52. The minimum Gasteiger partial charge on any atom is -0.491 e. The highest BCUT2D eigenvalue weighted by molar-refractivity contribution is 5.91. The van der Waals surface area contributed by atoms with Crippen molar-refractivity contribution in [1.82, 2.24) is 0 Å². The van der Waals surface area contributed by atoms with Crippen LogP contribution in [0.15, 0.2) is 88.8 Å². The topological polar surface area (TPSA) is 68.2 Å². The summed E-state index contributed by atoms with van der Waals surface area (Å²) in [6.45, 7) is 4.92. The third kappa shape index (κ3) is 6.46. The number of hydrogen-bond acceptors (Lipinski definition) is 6. The van der Waals surface area contributed by atoms with Gasteiger partial charge in [-0.15, -0.1) is 0 Å². The second-order valence-electron chi connectivity index (χ2n) is 9.56. The first kappa shape index (κ1) is 24.3. The molecule has 2 atom stereocenters. The van der Waals surface area contributed by atoms with E-state index >= 15 is 0 Å². The van der Waals surface area contributed by atoms with Crippen LogP contribution >= 0.6 is 0 Å². The van der Waals surface area contributed by atoms with Gasteiger partial charge in [0.15, 0.2) is 0 Å². The number of hydrogen-bond donors (Lipinski definition) is 0. The zero-order valence-corrected chi connectivity index (χ0v) is 21.4. The molecule has 2 unspecified atom stereocenters. The summed E-state index contributed by atoms with van der Waals surface area (Å²) in [5.74, 6) is 1.75. The zero-order chi connectivity index (χ0) is 25.7. The number of aryl methyl sites for hydroxylation is 1. The summed E-state index contributed by atoms with van der Waals surface area (Å²) in [6, 6.07) is 26.6. The lowest BCUT2D eigenvalue weighted by Gasteiger charge is -2.10. The van der Waals surface area contributed by atoms with Crippen LogP contribution in [0.5, 0.6) is 11.5 Å². The number of benzene rings is 4. The minimum atomic E-state index is 0.237. The average Bonchev–Trinajstić information content (AvgIpc) is 3.88. The van der Waals surface area contributed by atoms with Crippen LogP contribution < -0.4 is 9.47 Å². The minimum absolute atomic E-state index is 0.237. The van der Waals surface area contributed by atoms with Crippen molar-refractivity contribution < 1.29 is 18.9 Å². The maximum absolute atomic E-state index is 5.91. The number of aliphatic imine (C=N–C) groups is 2. The van der Waals surface area contributed by atoms with Crippen LogP contribution in [0, 0.1) is 0 Å². The molecule has 0 radical (unpaired) electrons. The molecule has 0 aliphatic carbocycles. The number of rotatable bonds is 11. The molecule has 2 fully saturated rings. The number of fused-ring (bicyclic) bond motifs is 1. The van der Waals surface area contributed by atoms with Gasteiger partial charge in [0.05, 0.1) is 24.6 Å². The molecule has 0 spiro atoms. The van der Waals surface area contributed by atoms with Crippen LogP contribution in [0.4, 0.5) is 11.4 Å². The number of epoxide rings is 2. The van der Waals surface area contributed by atoms with E-state index in [1.54, 1.807) is 0 Å². The van der Waals surface area contributed by atoms with Gasteiger partial charge in [-0.25, -0.2) is 0 Å². The molecular weight excluding hydrogens is 476 g/mol. The van der Waals surface area contributed by atoms with Gasteiger partial charge in [0.1, 0.15) is 36.9 Å². The first-order chi connectivity index (χ1) is 18.7. The van der Waals surface area contributed by atoms with E-state index in [-0.39, 0.29) is 12.2 Å². The smallest absolute Gasteiger partial charge is 0.122 e. The highest BCUT2D eigenvalue weighted by Crippen LogP contribution is 2.27. The van der Waals surface area contributed by atoms with Gasteiger partial charge < -0.3 is 18.9 Å². The second kappa shape index (κ2) is 11.2. The van der Waals surface area contributed by atoms with Crippen LogP contribution in [0.2, 0.25) is 0 Å². The Bertz CT molecular complexity index is 1490. The molecule has 2 heterocycles. The fourth-order valence-corrected chi connectivity index (χ4v) is 4.16. The second-order valence-corrected chi connectivity index (χ2v) is 9.56. The standard InChI is InChI=1S/C32H30N2O4/c1-2-24-12-23(6-11-32(24)38-21-31-20-37-31)17-34-28-10-8-25-7-9-27(14-26(25)15-28)33-16-22-4-3-5-29(13-22)35-18-30-19-36-30/h3-17,30-31H,2,18-21H2,1H3/b33-16+,34-17+. The monoisotopic (exact) mass is 506 g/mol. The van der Waals surface area contributed by atoms with E-state index in [1.165, 1.54) is 5.56 Å². The maximum atomic E-state index is 5.91. The van der Waals surface area contributed by atoms with E-state index in [1.807, 2.05) is 61.0 Å². The molecule has 6 rings (SSSR count). The van der Waals surface area contributed by atoms with Crippen LogP contribution in [-0.2, 0) is 15.9 Å². The molecule has 4 aromatic rings. The maximum Gasteiger partial charge on any atom is 0.122 e. The van der Waals surface area contributed by atoms with Crippen molar-refractivity contribution in [2.24, 2.45) is 9.98 Å². The van der Waals surface area contributed by atoms with Crippen LogP contribution in [0.25, 0.3) is 10.8 Å². The lowest BCUT2D eigenvalue weighted by molar-refractivity contribution is 0.261. The molecule has 0 amide bonds. The molecule has 0 aromatic heterocycles. The number of ether oxygens (including phenoxy) is 4. The Hall–Kier alpha value is -4.00. The van der Waals surface area contributed by atoms with E-state index in [9.17, 15) is 0 Å². The summed E-state index contributed by atoms with van der Waals surface area (Å²) >= 11 is 0. The van der Waals surface area contributed by atoms with Gasteiger partial charge in [0.2, 0.25) is 0 Å². The zero-order valence-electron chi connectivity index (χ0n) is 21.4. The van der Waals surface area contributed by atoms with E-state index < -0.39 is 0 Å². The van der Waals surface area contributed by atoms with Crippen molar-refractivity contribution in [3.63, 3.8) is 0 Å². The van der Waals surface area contributed by atoms with Crippen molar-refractivity contribution >= 4 is 34.6 Å². The summed E-state index contributed by atoms with van der Waals surface area (Å²) in [7, 11) is 0. The molecule has 6 heteroatoms. The largest absolute Gasteiger partial charge is 0.491 e. The molecule has 192 valence electrons. The SMILES string of the molecule is CCc1cc(/C=N/c2ccc3ccc(/N=C/c4cccc(OCC5CO5)c4)cc3c2)ccc1OCC1CO1. The van der Waals surface area contributed by atoms with Crippen LogP contribution in [-0.4, -0.2) is 51.1 Å². The molecule has 2 aliphatic rings. The Labute approximate surface area is 222 Å². The molecule has 2 aliphatic heterocycles. The Morgan fingerprint density at radius 2 is 1.39 bits per heavy atom. The molecule has 0 saturated carbocycles. The molecule has 6 nitrogen and oxygen atoms in total. The summed E-state index contributed by atoms with van der Waals surface area (Å²) in [5.41, 5.74) is 4.99. The fourth-order valence-electron chi connectivity index (χ4n) is 4.16. The summed E-state index contributed by atoms with van der Waals surface area (Å²) in [5, 5.41) is 2.24. The van der Waals surface area contributed by atoms with Crippen molar-refractivity contribution in [3.05, 3.63) is 95.6 Å². The summed E-state index contributed by atoms with van der Waals surface area (Å²) < 4.78 is 22.1. The van der Waals surface area contributed by atoms with Gasteiger partial charge in [0, 0.05) is 12.4 Å². The number of nitrogens with zero attached hydrogens (tertiary/aromatic N) is 2. The molecule has 2 saturated heterocycles. The highest BCUT2D eigenvalue weighted by Gasteiger charge is 2.24. The van der Waals surface area contributed by atoms with Gasteiger partial charge in [-0.1, -0.05) is 31.2 Å². The summed E-state index contributed by atoms with van der Waals surface area (Å²) in [6.07, 6.45) is 5.15.